The second-order valence-corrected chi connectivity index (χ2v) is 6.43. The minimum Gasteiger partial charge on any atom is -0.281 e. The molecule has 15 heavy (non-hydrogen) atoms. The highest BCUT2D eigenvalue weighted by Crippen LogP contribution is 2.28. The van der Waals surface area contributed by atoms with Crippen molar-refractivity contribution in [2.45, 2.75) is 13.8 Å². The minimum absolute atomic E-state index is 0.452. The largest absolute Gasteiger partial charge is 0.281 e. The fourth-order valence-electron chi connectivity index (χ4n) is 1.23. The third-order valence-electron chi connectivity index (χ3n) is 1.83. The molecule has 0 aromatic heterocycles. The Bertz CT molecular complexity index is 450. The number of benzene rings is 1. The molecule has 0 aliphatic heterocycles. The van der Waals surface area contributed by atoms with E-state index in [4.69, 9.17) is 11.6 Å². The summed E-state index contributed by atoms with van der Waals surface area (Å²) in [6.07, 6.45) is 0. The first-order chi connectivity index (χ1) is 6.85. The number of hydrogen-bond acceptors (Lipinski definition) is 2. The van der Waals surface area contributed by atoms with Crippen molar-refractivity contribution in [3.05, 3.63) is 27.7 Å². The lowest BCUT2D eigenvalue weighted by Gasteiger charge is -2.11. The van der Waals surface area contributed by atoms with Gasteiger partial charge in [-0.15, -0.1) is 11.6 Å². The molecule has 0 aliphatic carbocycles. The van der Waals surface area contributed by atoms with Crippen LogP contribution in [0.5, 0.6) is 0 Å². The molecule has 0 spiro atoms. The molecule has 1 aromatic carbocycles. The van der Waals surface area contributed by atoms with Crippen molar-refractivity contribution < 1.29 is 8.42 Å². The van der Waals surface area contributed by atoms with Crippen molar-refractivity contribution in [1.29, 1.82) is 0 Å². The second kappa shape index (κ2) is 4.72. The van der Waals surface area contributed by atoms with Crippen molar-refractivity contribution >= 4 is 43.2 Å². The third kappa shape index (κ3) is 3.36. The zero-order valence-corrected chi connectivity index (χ0v) is 11.5. The predicted octanol–water partition coefficient (Wildman–Crippen LogP) is 3.00. The molecule has 0 radical (unpaired) electrons. The van der Waals surface area contributed by atoms with Crippen LogP contribution in [0.25, 0.3) is 0 Å². The van der Waals surface area contributed by atoms with Crippen LogP contribution in [0.4, 0.5) is 5.69 Å². The van der Waals surface area contributed by atoms with E-state index in [9.17, 15) is 8.42 Å². The van der Waals surface area contributed by atoms with E-state index in [1.165, 1.54) is 0 Å². The van der Waals surface area contributed by atoms with Crippen molar-refractivity contribution in [2.24, 2.45) is 0 Å². The quantitative estimate of drug-likeness (QED) is 0.872. The maximum absolute atomic E-state index is 11.3. The first kappa shape index (κ1) is 12.8. The zero-order valence-electron chi connectivity index (χ0n) is 8.34. The van der Waals surface area contributed by atoms with Gasteiger partial charge in [-0.25, -0.2) is 8.42 Å². The van der Waals surface area contributed by atoms with E-state index in [0.29, 0.717) is 10.2 Å². The fourth-order valence-corrected chi connectivity index (χ4v) is 2.93. The monoisotopic (exact) mass is 311 g/mol. The molecule has 6 heteroatoms. The molecule has 1 aromatic rings. The summed E-state index contributed by atoms with van der Waals surface area (Å²) in [5, 5.41) is -0.452. The number of nitrogens with one attached hydrogen (secondary N) is 1. The molecular formula is C9H11BrClNO2S. The number of aryl methyl sites for hydroxylation is 2. The Morgan fingerprint density at radius 3 is 2.47 bits per heavy atom. The Hall–Kier alpha value is -0.260. The molecular weight excluding hydrogens is 302 g/mol. The molecule has 84 valence electrons. The van der Waals surface area contributed by atoms with Gasteiger partial charge >= 0.3 is 0 Å². The molecule has 0 aliphatic rings. The molecule has 0 unspecified atom stereocenters. The van der Waals surface area contributed by atoms with Crippen LogP contribution in [0.1, 0.15) is 11.1 Å². The first-order valence-corrected chi connectivity index (χ1v) is 7.17. The smallest absolute Gasteiger partial charge is 0.246 e. The average molecular weight is 313 g/mol. The summed E-state index contributed by atoms with van der Waals surface area (Å²) in [7, 11) is -3.44. The topological polar surface area (TPSA) is 46.2 Å². The van der Waals surface area contributed by atoms with Crippen LogP contribution >= 0.6 is 27.5 Å². The molecule has 0 bridgehead atoms. The van der Waals surface area contributed by atoms with Crippen molar-refractivity contribution in [3.63, 3.8) is 0 Å². The summed E-state index contributed by atoms with van der Waals surface area (Å²) in [4.78, 5) is 0. The number of rotatable bonds is 3. The first-order valence-electron chi connectivity index (χ1n) is 4.19. The lowest BCUT2D eigenvalue weighted by Crippen LogP contribution is -2.14. The van der Waals surface area contributed by atoms with Crippen LogP contribution in [-0.4, -0.2) is 13.6 Å². The predicted molar refractivity (Wildman–Crippen MR) is 66.9 cm³/mol. The van der Waals surface area contributed by atoms with Gasteiger partial charge in [0.15, 0.2) is 0 Å². The van der Waals surface area contributed by atoms with E-state index in [0.717, 1.165) is 11.1 Å². The van der Waals surface area contributed by atoms with Crippen LogP contribution in [-0.2, 0) is 10.0 Å². The van der Waals surface area contributed by atoms with E-state index in [1.807, 2.05) is 26.0 Å². The fraction of sp³-hybridized carbons (Fsp3) is 0.333. The molecule has 0 saturated carbocycles. The summed E-state index contributed by atoms with van der Waals surface area (Å²) in [6.45, 7) is 3.78. The molecule has 1 N–H and O–H groups in total. The SMILES string of the molecule is Cc1cc(C)c(NS(=O)(=O)CCl)c(Br)c1. The normalized spacial score (nSPS) is 11.5. The van der Waals surface area contributed by atoms with Gasteiger partial charge in [-0.3, -0.25) is 4.72 Å². The van der Waals surface area contributed by atoms with Crippen LogP contribution < -0.4 is 4.72 Å². The third-order valence-corrected chi connectivity index (χ3v) is 4.12. The van der Waals surface area contributed by atoms with E-state index >= 15 is 0 Å². The van der Waals surface area contributed by atoms with E-state index in [1.54, 1.807) is 0 Å². The molecule has 0 saturated heterocycles. The summed E-state index contributed by atoms with van der Waals surface area (Å²) in [6, 6.07) is 3.75. The Morgan fingerprint density at radius 2 is 2.00 bits per heavy atom. The molecule has 3 nitrogen and oxygen atoms in total. The van der Waals surface area contributed by atoms with Gasteiger partial charge in [0, 0.05) is 4.47 Å². The van der Waals surface area contributed by atoms with Gasteiger partial charge in [-0.05, 0) is 47.0 Å². The van der Waals surface area contributed by atoms with Crippen molar-refractivity contribution in [2.75, 3.05) is 9.93 Å². The lowest BCUT2D eigenvalue weighted by molar-refractivity contribution is 0.605. The average Bonchev–Trinajstić information content (AvgIpc) is 2.11. The van der Waals surface area contributed by atoms with E-state index in [2.05, 4.69) is 20.7 Å². The number of anilines is 1. The van der Waals surface area contributed by atoms with Gasteiger partial charge < -0.3 is 0 Å². The minimum atomic E-state index is -3.44. The van der Waals surface area contributed by atoms with Crippen LogP contribution in [0.15, 0.2) is 16.6 Å². The maximum atomic E-state index is 11.3. The Labute approximate surface area is 103 Å². The molecule has 1 rings (SSSR count). The number of sulfonamides is 1. The van der Waals surface area contributed by atoms with Gasteiger partial charge in [0.25, 0.3) is 0 Å². The standard InChI is InChI=1S/C9H11BrClNO2S/c1-6-3-7(2)9(8(10)4-6)12-15(13,14)5-11/h3-4,12H,5H2,1-2H3. The summed E-state index contributed by atoms with van der Waals surface area (Å²) >= 11 is 8.62. The van der Waals surface area contributed by atoms with Gasteiger partial charge in [0.1, 0.15) is 5.21 Å². The van der Waals surface area contributed by atoms with Crippen molar-refractivity contribution in [1.82, 2.24) is 0 Å². The second-order valence-electron chi connectivity index (χ2n) is 3.26. The van der Waals surface area contributed by atoms with Crippen LogP contribution in [0.3, 0.4) is 0 Å². The molecule has 0 heterocycles. The number of hydrogen-bond donors (Lipinski definition) is 1. The Morgan fingerprint density at radius 1 is 1.40 bits per heavy atom. The lowest BCUT2D eigenvalue weighted by atomic mass is 10.1. The Kier molecular flexibility index (Phi) is 4.03. The van der Waals surface area contributed by atoms with Gasteiger partial charge in [0.05, 0.1) is 5.69 Å². The number of halogens is 2. The van der Waals surface area contributed by atoms with Crippen LogP contribution in [0, 0.1) is 13.8 Å². The van der Waals surface area contributed by atoms with Gasteiger partial charge in [-0.1, -0.05) is 6.07 Å². The highest BCUT2D eigenvalue weighted by Gasteiger charge is 2.12. The van der Waals surface area contributed by atoms with Crippen LogP contribution in [0.2, 0.25) is 0 Å². The van der Waals surface area contributed by atoms with Gasteiger partial charge in [-0.2, -0.15) is 0 Å². The molecule has 0 atom stereocenters. The summed E-state index contributed by atoms with van der Waals surface area (Å²) in [5.74, 6) is 0. The highest BCUT2D eigenvalue weighted by molar-refractivity contribution is 9.10. The van der Waals surface area contributed by atoms with E-state index in [-0.39, 0.29) is 0 Å². The van der Waals surface area contributed by atoms with E-state index < -0.39 is 15.2 Å². The summed E-state index contributed by atoms with van der Waals surface area (Å²) in [5.41, 5.74) is 2.46. The number of alkyl halides is 1. The maximum Gasteiger partial charge on any atom is 0.246 e. The Balaban J connectivity index is 3.17. The van der Waals surface area contributed by atoms with Crippen molar-refractivity contribution in [3.8, 4) is 0 Å². The molecule has 0 amide bonds. The zero-order chi connectivity index (χ0) is 11.6. The van der Waals surface area contributed by atoms with Gasteiger partial charge in [0.2, 0.25) is 10.0 Å². The highest BCUT2D eigenvalue weighted by atomic mass is 79.9. The summed E-state index contributed by atoms with van der Waals surface area (Å²) < 4.78 is 25.7. The molecule has 0 fully saturated rings.